The van der Waals surface area contributed by atoms with Crippen molar-refractivity contribution in [2.75, 3.05) is 19.7 Å². The van der Waals surface area contributed by atoms with Crippen molar-refractivity contribution >= 4 is 10.0 Å². The maximum atomic E-state index is 12.2. The predicted molar refractivity (Wildman–Crippen MR) is 57.3 cm³/mol. The average molecular weight is 256 g/mol. The average Bonchev–Trinajstić information content (AvgIpc) is 2.76. The summed E-state index contributed by atoms with van der Waals surface area (Å²) in [6, 6.07) is 1.91. The van der Waals surface area contributed by atoms with E-state index < -0.39 is 16.1 Å². The van der Waals surface area contributed by atoms with Gasteiger partial charge >= 0.3 is 0 Å². The van der Waals surface area contributed by atoms with Crippen molar-refractivity contribution in [3.05, 3.63) is 12.4 Å². The molecule has 1 aromatic rings. The molecule has 92 valence electrons. The molecule has 7 nitrogen and oxygen atoms in total. The first kappa shape index (κ1) is 12.0. The molecule has 1 fully saturated rings. The molecule has 0 N–H and O–H groups in total. The molecule has 0 aromatic carbocycles. The van der Waals surface area contributed by atoms with Crippen LogP contribution in [-0.4, -0.2) is 48.3 Å². The van der Waals surface area contributed by atoms with Crippen LogP contribution in [-0.2, 0) is 21.8 Å². The van der Waals surface area contributed by atoms with Crippen molar-refractivity contribution in [3.63, 3.8) is 0 Å². The second kappa shape index (κ2) is 4.44. The van der Waals surface area contributed by atoms with Gasteiger partial charge in [-0.25, -0.2) is 8.42 Å². The molecule has 2 rings (SSSR count). The van der Waals surface area contributed by atoms with Crippen LogP contribution in [0.2, 0.25) is 0 Å². The van der Waals surface area contributed by atoms with E-state index in [0.717, 1.165) is 0 Å². The zero-order valence-corrected chi connectivity index (χ0v) is 10.1. The molecular weight excluding hydrogens is 244 g/mol. The molecule has 0 saturated carbocycles. The minimum atomic E-state index is -3.57. The molecule has 0 radical (unpaired) electrons. The standard InChI is InChI=1S/C9H12N4O3S/c1-12-7-9(5-11-12)17(14,15)13-2-3-16-8(4-10)6-13/h5,7-8H,2-3,6H2,1H3. The molecule has 1 aromatic heterocycles. The minimum Gasteiger partial charge on any atom is -0.361 e. The summed E-state index contributed by atoms with van der Waals surface area (Å²) >= 11 is 0. The fraction of sp³-hybridized carbons (Fsp3) is 0.556. The van der Waals surface area contributed by atoms with Crippen LogP contribution in [0.15, 0.2) is 17.3 Å². The minimum absolute atomic E-state index is 0.0632. The topological polar surface area (TPSA) is 88.2 Å². The van der Waals surface area contributed by atoms with Crippen molar-refractivity contribution in [3.8, 4) is 6.07 Å². The zero-order valence-electron chi connectivity index (χ0n) is 9.28. The van der Waals surface area contributed by atoms with Crippen LogP contribution < -0.4 is 0 Å². The third kappa shape index (κ3) is 2.31. The Balaban J connectivity index is 2.24. The Morgan fingerprint density at radius 2 is 2.41 bits per heavy atom. The second-order valence-corrected chi connectivity index (χ2v) is 5.64. The van der Waals surface area contributed by atoms with Gasteiger partial charge in [0.15, 0.2) is 6.10 Å². The molecule has 0 bridgehead atoms. The molecule has 1 aliphatic heterocycles. The first-order valence-corrected chi connectivity index (χ1v) is 6.48. The van der Waals surface area contributed by atoms with E-state index in [1.807, 2.05) is 6.07 Å². The van der Waals surface area contributed by atoms with Crippen LogP contribution in [0.4, 0.5) is 0 Å². The Morgan fingerprint density at radius 3 is 3.00 bits per heavy atom. The molecule has 0 amide bonds. The monoisotopic (exact) mass is 256 g/mol. The SMILES string of the molecule is Cn1cc(S(=O)(=O)N2CCOC(C#N)C2)cn1. The number of morpholine rings is 1. The highest BCUT2D eigenvalue weighted by Crippen LogP contribution is 2.17. The van der Waals surface area contributed by atoms with Gasteiger partial charge in [-0.15, -0.1) is 0 Å². The number of nitrogens with zero attached hydrogens (tertiary/aromatic N) is 4. The fourth-order valence-corrected chi connectivity index (χ4v) is 3.01. The maximum Gasteiger partial charge on any atom is 0.246 e. The summed E-state index contributed by atoms with van der Waals surface area (Å²) < 4.78 is 32.1. The van der Waals surface area contributed by atoms with Crippen LogP contribution >= 0.6 is 0 Å². The lowest BCUT2D eigenvalue weighted by Gasteiger charge is -2.28. The van der Waals surface area contributed by atoms with E-state index in [1.54, 1.807) is 7.05 Å². The maximum absolute atomic E-state index is 12.2. The van der Waals surface area contributed by atoms with E-state index in [0.29, 0.717) is 0 Å². The molecule has 17 heavy (non-hydrogen) atoms. The van der Waals surface area contributed by atoms with Gasteiger partial charge in [-0.2, -0.15) is 14.7 Å². The summed E-state index contributed by atoms with van der Waals surface area (Å²) in [5.74, 6) is 0. The van der Waals surface area contributed by atoms with E-state index in [-0.39, 0.29) is 24.6 Å². The van der Waals surface area contributed by atoms with Crippen molar-refractivity contribution < 1.29 is 13.2 Å². The smallest absolute Gasteiger partial charge is 0.246 e. The Kier molecular flexibility index (Phi) is 3.15. The summed E-state index contributed by atoms with van der Waals surface area (Å²) in [6.45, 7) is 0.556. The summed E-state index contributed by atoms with van der Waals surface area (Å²) in [4.78, 5) is 0.138. The molecule has 1 unspecified atom stereocenters. The number of aromatic nitrogens is 2. The molecule has 1 aliphatic rings. The Morgan fingerprint density at radius 1 is 1.65 bits per heavy atom. The highest BCUT2D eigenvalue weighted by atomic mass is 32.2. The highest BCUT2D eigenvalue weighted by molar-refractivity contribution is 7.89. The molecule has 2 heterocycles. The third-order valence-corrected chi connectivity index (χ3v) is 4.31. The Labute approximate surface area is 99.2 Å². The molecule has 1 saturated heterocycles. The van der Waals surface area contributed by atoms with E-state index in [1.165, 1.54) is 21.4 Å². The quantitative estimate of drug-likeness (QED) is 0.700. The predicted octanol–water partition coefficient (Wildman–Crippen LogP) is -0.667. The van der Waals surface area contributed by atoms with E-state index in [9.17, 15) is 8.42 Å². The number of sulfonamides is 1. The lowest BCUT2D eigenvalue weighted by molar-refractivity contribution is 0.0311. The third-order valence-electron chi connectivity index (χ3n) is 2.49. The normalized spacial score (nSPS) is 22.2. The molecule has 0 aliphatic carbocycles. The van der Waals surface area contributed by atoms with Gasteiger partial charge in [-0.05, 0) is 0 Å². The number of hydrogen-bond donors (Lipinski definition) is 0. The first-order chi connectivity index (χ1) is 8.04. The van der Waals surface area contributed by atoms with Gasteiger partial charge in [0.2, 0.25) is 10.0 Å². The van der Waals surface area contributed by atoms with Gasteiger partial charge in [0, 0.05) is 19.8 Å². The van der Waals surface area contributed by atoms with Crippen LogP contribution in [0.3, 0.4) is 0 Å². The van der Waals surface area contributed by atoms with E-state index in [2.05, 4.69) is 5.10 Å². The number of rotatable bonds is 2. The second-order valence-electron chi connectivity index (χ2n) is 3.70. The summed E-state index contributed by atoms with van der Waals surface area (Å²) in [7, 11) is -1.92. The number of aryl methyl sites for hydroxylation is 1. The van der Waals surface area contributed by atoms with Crippen molar-refractivity contribution in [2.24, 2.45) is 7.05 Å². The van der Waals surface area contributed by atoms with Crippen molar-refractivity contribution in [1.29, 1.82) is 5.26 Å². The van der Waals surface area contributed by atoms with Gasteiger partial charge in [0.25, 0.3) is 0 Å². The molecule has 0 spiro atoms. The van der Waals surface area contributed by atoms with E-state index in [4.69, 9.17) is 10.00 Å². The zero-order chi connectivity index (χ0) is 12.5. The van der Waals surface area contributed by atoms with E-state index >= 15 is 0 Å². The summed E-state index contributed by atoms with van der Waals surface area (Å²) in [5, 5.41) is 12.6. The van der Waals surface area contributed by atoms with Gasteiger partial charge in [-0.3, -0.25) is 4.68 Å². The Hall–Kier alpha value is -1.43. The van der Waals surface area contributed by atoms with Crippen LogP contribution in [0.5, 0.6) is 0 Å². The summed E-state index contributed by atoms with van der Waals surface area (Å²) in [6.07, 6.45) is 2.04. The van der Waals surface area contributed by atoms with Crippen molar-refractivity contribution in [2.45, 2.75) is 11.0 Å². The van der Waals surface area contributed by atoms with Gasteiger partial charge in [0.1, 0.15) is 4.90 Å². The van der Waals surface area contributed by atoms with Gasteiger partial charge in [-0.1, -0.05) is 0 Å². The molecule has 8 heteroatoms. The number of nitriles is 1. The number of hydrogen-bond acceptors (Lipinski definition) is 5. The summed E-state index contributed by atoms with van der Waals surface area (Å²) in [5.41, 5.74) is 0. The van der Waals surface area contributed by atoms with Crippen molar-refractivity contribution in [1.82, 2.24) is 14.1 Å². The lowest BCUT2D eigenvalue weighted by Crippen LogP contribution is -2.44. The lowest BCUT2D eigenvalue weighted by atomic mass is 10.3. The van der Waals surface area contributed by atoms with Crippen LogP contribution in [0, 0.1) is 11.3 Å². The first-order valence-electron chi connectivity index (χ1n) is 5.04. The molecular formula is C9H12N4O3S. The largest absolute Gasteiger partial charge is 0.361 e. The van der Waals surface area contributed by atoms with Crippen LogP contribution in [0.25, 0.3) is 0 Å². The van der Waals surface area contributed by atoms with Crippen LogP contribution in [0.1, 0.15) is 0 Å². The number of ether oxygens (including phenoxy) is 1. The molecule has 1 atom stereocenters. The van der Waals surface area contributed by atoms with Gasteiger partial charge in [0.05, 0.1) is 25.4 Å². The Bertz CT molecular complexity index is 545. The fourth-order valence-electron chi connectivity index (χ4n) is 1.60. The van der Waals surface area contributed by atoms with Gasteiger partial charge < -0.3 is 4.74 Å². The highest BCUT2D eigenvalue weighted by Gasteiger charge is 2.31.